The third kappa shape index (κ3) is 4.29. The Bertz CT molecular complexity index is 397. The van der Waals surface area contributed by atoms with E-state index in [1.165, 1.54) is 12.1 Å². The summed E-state index contributed by atoms with van der Waals surface area (Å²) in [4.78, 5) is 11.1. The zero-order chi connectivity index (χ0) is 13.1. The summed E-state index contributed by atoms with van der Waals surface area (Å²) in [5.41, 5.74) is 5.05. The molecule has 3 nitrogen and oxygen atoms in total. The van der Waals surface area contributed by atoms with Crippen LogP contribution in [-0.4, -0.2) is 12.1 Å². The van der Waals surface area contributed by atoms with Crippen LogP contribution in [0, 0.1) is 5.82 Å². The third-order valence-corrected chi connectivity index (χ3v) is 1.95. The minimum Gasteiger partial charge on any atom is -0.397 e. The fraction of sp³-hybridized carbons (Fsp3) is 0.300. The number of carbonyl (C=O) groups is 1. The van der Waals surface area contributed by atoms with E-state index in [-0.39, 0.29) is 11.4 Å². The Kier molecular flexibility index (Phi) is 3.93. The Morgan fingerprint density at radius 2 is 2.00 bits per heavy atom. The van der Waals surface area contributed by atoms with Gasteiger partial charge in [0.2, 0.25) is 5.91 Å². The molecular formula is C10H10F4N2O. The van der Waals surface area contributed by atoms with Gasteiger partial charge < -0.3 is 11.1 Å². The number of carbonyl (C=O) groups excluding carboxylic acids is 1. The Morgan fingerprint density at radius 1 is 1.35 bits per heavy atom. The number of amides is 1. The predicted molar refractivity (Wildman–Crippen MR) is 54.7 cm³/mol. The second-order valence-electron chi connectivity index (χ2n) is 3.37. The second-order valence-corrected chi connectivity index (χ2v) is 3.37. The van der Waals surface area contributed by atoms with E-state index in [0.29, 0.717) is 0 Å². The number of nitrogen functional groups attached to an aromatic ring is 1. The van der Waals surface area contributed by atoms with Gasteiger partial charge in [-0.25, -0.2) is 4.39 Å². The van der Waals surface area contributed by atoms with E-state index in [0.717, 1.165) is 6.07 Å². The smallest absolute Gasteiger partial charge is 0.389 e. The van der Waals surface area contributed by atoms with Gasteiger partial charge in [-0.2, -0.15) is 13.2 Å². The van der Waals surface area contributed by atoms with Gasteiger partial charge in [0.25, 0.3) is 0 Å². The number of rotatable bonds is 3. The number of hydrogen-bond donors (Lipinski definition) is 2. The minimum atomic E-state index is -4.42. The van der Waals surface area contributed by atoms with Gasteiger partial charge in [-0.05, 0) is 12.1 Å². The molecule has 0 radical (unpaired) electrons. The molecule has 1 aromatic carbocycles. The van der Waals surface area contributed by atoms with Crippen LogP contribution in [0.1, 0.15) is 12.8 Å². The van der Waals surface area contributed by atoms with Gasteiger partial charge in [0.1, 0.15) is 11.5 Å². The molecule has 0 aliphatic carbocycles. The highest BCUT2D eigenvalue weighted by atomic mass is 19.4. The summed E-state index contributed by atoms with van der Waals surface area (Å²) in [5, 5.41) is 2.01. The molecule has 7 heteroatoms. The van der Waals surface area contributed by atoms with Gasteiger partial charge >= 0.3 is 6.18 Å². The minimum absolute atomic E-state index is 0.0367. The molecule has 1 aromatic rings. The lowest BCUT2D eigenvalue weighted by Crippen LogP contribution is -2.17. The van der Waals surface area contributed by atoms with Crippen molar-refractivity contribution in [3.8, 4) is 0 Å². The fourth-order valence-electron chi connectivity index (χ4n) is 1.13. The molecule has 1 rings (SSSR count). The number of benzene rings is 1. The summed E-state index contributed by atoms with van der Waals surface area (Å²) in [6.45, 7) is 0. The van der Waals surface area contributed by atoms with Crippen LogP contribution in [0.25, 0.3) is 0 Å². The van der Waals surface area contributed by atoms with E-state index in [1.54, 1.807) is 0 Å². The lowest BCUT2D eigenvalue weighted by atomic mass is 10.2. The summed E-state index contributed by atoms with van der Waals surface area (Å²) in [6, 6.07) is 3.72. The molecule has 94 valence electrons. The Balaban J connectivity index is 2.63. The molecule has 0 fully saturated rings. The first-order valence-electron chi connectivity index (χ1n) is 4.70. The maximum atomic E-state index is 13.2. The van der Waals surface area contributed by atoms with Gasteiger partial charge in [0.15, 0.2) is 0 Å². The first-order valence-corrected chi connectivity index (χ1v) is 4.70. The number of para-hydroxylation sites is 1. The highest BCUT2D eigenvalue weighted by Crippen LogP contribution is 2.24. The molecule has 0 aliphatic rings. The molecule has 3 N–H and O–H groups in total. The van der Waals surface area contributed by atoms with Gasteiger partial charge in [-0.3, -0.25) is 4.79 Å². The van der Waals surface area contributed by atoms with Gasteiger partial charge in [0, 0.05) is 6.42 Å². The van der Waals surface area contributed by atoms with E-state index < -0.39 is 30.7 Å². The number of halogens is 4. The largest absolute Gasteiger partial charge is 0.397 e. The van der Waals surface area contributed by atoms with Crippen molar-refractivity contribution in [2.75, 3.05) is 11.1 Å². The molecule has 0 saturated carbocycles. The van der Waals surface area contributed by atoms with Gasteiger partial charge in [-0.1, -0.05) is 6.07 Å². The van der Waals surface area contributed by atoms with Crippen LogP contribution in [0.2, 0.25) is 0 Å². The average molecular weight is 250 g/mol. The first kappa shape index (κ1) is 13.3. The molecule has 0 saturated heterocycles. The van der Waals surface area contributed by atoms with Crippen molar-refractivity contribution < 1.29 is 22.4 Å². The topological polar surface area (TPSA) is 55.1 Å². The van der Waals surface area contributed by atoms with Crippen LogP contribution in [0.4, 0.5) is 28.9 Å². The maximum Gasteiger partial charge on any atom is 0.389 e. The number of nitrogens with one attached hydrogen (secondary N) is 1. The predicted octanol–water partition coefficient (Wildman–Crippen LogP) is 2.69. The second kappa shape index (κ2) is 5.03. The molecule has 0 unspecified atom stereocenters. The summed E-state index contributed by atoms with van der Waals surface area (Å²) >= 11 is 0. The molecule has 1 amide bonds. The summed E-state index contributed by atoms with van der Waals surface area (Å²) < 4.78 is 48.7. The van der Waals surface area contributed by atoms with Crippen molar-refractivity contribution in [2.24, 2.45) is 0 Å². The monoisotopic (exact) mass is 250 g/mol. The van der Waals surface area contributed by atoms with Crippen molar-refractivity contribution >= 4 is 17.3 Å². The maximum absolute atomic E-state index is 13.2. The molecule has 0 heterocycles. The van der Waals surface area contributed by atoms with E-state index >= 15 is 0 Å². The first-order chi connectivity index (χ1) is 7.79. The zero-order valence-corrected chi connectivity index (χ0v) is 8.64. The van der Waals surface area contributed by atoms with Crippen LogP contribution < -0.4 is 11.1 Å². The van der Waals surface area contributed by atoms with E-state index in [4.69, 9.17) is 5.73 Å². The summed E-state index contributed by atoms with van der Waals surface area (Å²) in [5.74, 6) is -1.72. The number of nitrogens with two attached hydrogens (primary N) is 1. The fourth-order valence-corrected chi connectivity index (χ4v) is 1.13. The van der Waals surface area contributed by atoms with E-state index in [1.807, 2.05) is 5.32 Å². The molecule has 0 atom stereocenters. The average Bonchev–Trinajstić information content (AvgIpc) is 2.20. The molecule has 0 aromatic heterocycles. The zero-order valence-electron chi connectivity index (χ0n) is 8.64. The van der Waals surface area contributed by atoms with Crippen LogP contribution in [0.3, 0.4) is 0 Å². The molecule has 0 bridgehead atoms. The SMILES string of the molecule is Nc1cccc(F)c1NC(=O)CCC(F)(F)F. The number of alkyl halides is 3. The van der Waals surface area contributed by atoms with Crippen molar-refractivity contribution in [3.63, 3.8) is 0 Å². The number of hydrogen-bond acceptors (Lipinski definition) is 2. The summed E-state index contributed by atoms with van der Waals surface area (Å²) in [6.07, 6.45) is -6.44. The van der Waals surface area contributed by atoms with E-state index in [9.17, 15) is 22.4 Å². The summed E-state index contributed by atoms with van der Waals surface area (Å²) in [7, 11) is 0. The number of anilines is 2. The lowest BCUT2D eigenvalue weighted by Gasteiger charge is -2.10. The van der Waals surface area contributed by atoms with Crippen LogP contribution >= 0.6 is 0 Å². The standard InChI is InChI=1S/C10H10F4N2O/c11-6-2-1-3-7(15)9(6)16-8(17)4-5-10(12,13)14/h1-3H,4-5,15H2,(H,16,17). The Hall–Kier alpha value is -1.79. The van der Waals surface area contributed by atoms with Crippen molar-refractivity contribution in [1.82, 2.24) is 0 Å². The van der Waals surface area contributed by atoms with Crippen molar-refractivity contribution in [1.29, 1.82) is 0 Å². The highest BCUT2D eigenvalue weighted by Gasteiger charge is 2.28. The van der Waals surface area contributed by atoms with E-state index in [2.05, 4.69) is 0 Å². The Labute approximate surface area is 94.6 Å². The molecular weight excluding hydrogens is 240 g/mol. The molecule has 0 spiro atoms. The van der Waals surface area contributed by atoms with Crippen molar-refractivity contribution in [3.05, 3.63) is 24.0 Å². The van der Waals surface area contributed by atoms with Crippen LogP contribution in [0.15, 0.2) is 18.2 Å². The van der Waals surface area contributed by atoms with Gasteiger partial charge in [-0.15, -0.1) is 0 Å². The quantitative estimate of drug-likeness (QED) is 0.640. The Morgan fingerprint density at radius 3 is 2.53 bits per heavy atom. The molecule has 17 heavy (non-hydrogen) atoms. The molecule has 0 aliphatic heterocycles. The third-order valence-electron chi connectivity index (χ3n) is 1.95. The van der Waals surface area contributed by atoms with Gasteiger partial charge in [0.05, 0.1) is 12.1 Å². The van der Waals surface area contributed by atoms with Crippen LogP contribution in [0.5, 0.6) is 0 Å². The lowest BCUT2D eigenvalue weighted by molar-refractivity contribution is -0.142. The van der Waals surface area contributed by atoms with Crippen LogP contribution in [-0.2, 0) is 4.79 Å². The highest BCUT2D eigenvalue weighted by molar-refractivity contribution is 5.93. The van der Waals surface area contributed by atoms with Crippen molar-refractivity contribution in [2.45, 2.75) is 19.0 Å². The normalized spacial score (nSPS) is 11.3.